The Hall–Kier alpha value is -1.27. The predicted octanol–water partition coefficient (Wildman–Crippen LogP) is 3.06. The van der Waals surface area contributed by atoms with Crippen LogP contribution in [0.4, 0.5) is 0 Å². The van der Waals surface area contributed by atoms with E-state index in [0.717, 1.165) is 41.8 Å². The summed E-state index contributed by atoms with van der Waals surface area (Å²) in [6, 6.07) is 0.486. The fraction of sp³-hybridized carbons (Fsp3) is 0.667. The van der Waals surface area contributed by atoms with Crippen LogP contribution < -0.4 is 5.32 Å². The van der Waals surface area contributed by atoms with E-state index in [2.05, 4.69) is 32.7 Å². The van der Waals surface area contributed by atoms with Gasteiger partial charge in [0, 0.05) is 11.4 Å². The van der Waals surface area contributed by atoms with Crippen molar-refractivity contribution in [3.8, 4) is 0 Å². The number of aromatic nitrogens is 3. The molecule has 6 heteroatoms. The number of thiazole rings is 1. The Kier molecular flexibility index (Phi) is 4.65. The zero-order valence-electron chi connectivity index (χ0n) is 12.6. The Morgan fingerprint density at radius 3 is 3.05 bits per heavy atom. The highest BCUT2D eigenvalue weighted by Gasteiger charge is 2.32. The smallest absolute Gasteiger partial charge is 0.231 e. The predicted molar refractivity (Wildman–Crippen MR) is 82.6 cm³/mol. The molecule has 1 aliphatic carbocycles. The second-order valence-corrected chi connectivity index (χ2v) is 6.74. The van der Waals surface area contributed by atoms with Crippen molar-refractivity contribution in [2.24, 2.45) is 0 Å². The third-order valence-corrected chi connectivity index (χ3v) is 4.80. The number of hydrogen-bond donors (Lipinski definition) is 1. The standard InChI is InChI=1S/C15H22N4OS/c1-3-7-16-13-6-4-5-12(13)15-18-14(19-20-15)8-11-9-21-10(2)17-11/h9,12-13,16H,3-8H2,1-2H3. The first-order valence-corrected chi connectivity index (χ1v) is 8.61. The second-order valence-electron chi connectivity index (χ2n) is 5.68. The van der Waals surface area contributed by atoms with Gasteiger partial charge in [0.15, 0.2) is 5.82 Å². The van der Waals surface area contributed by atoms with Crippen LogP contribution in [-0.2, 0) is 6.42 Å². The Morgan fingerprint density at radius 2 is 2.29 bits per heavy atom. The van der Waals surface area contributed by atoms with Crippen LogP contribution in [0.5, 0.6) is 0 Å². The van der Waals surface area contributed by atoms with E-state index >= 15 is 0 Å². The minimum Gasteiger partial charge on any atom is -0.339 e. The van der Waals surface area contributed by atoms with Crippen LogP contribution in [0.15, 0.2) is 9.90 Å². The summed E-state index contributed by atoms with van der Waals surface area (Å²) in [5.41, 5.74) is 1.02. The van der Waals surface area contributed by atoms with Gasteiger partial charge in [0.2, 0.25) is 5.89 Å². The summed E-state index contributed by atoms with van der Waals surface area (Å²) in [6.07, 6.45) is 5.39. The first-order valence-electron chi connectivity index (χ1n) is 7.73. The second kappa shape index (κ2) is 6.66. The first kappa shape index (κ1) is 14.7. The Labute approximate surface area is 129 Å². The molecular formula is C15H22N4OS. The van der Waals surface area contributed by atoms with Crippen LogP contribution in [0.25, 0.3) is 0 Å². The monoisotopic (exact) mass is 306 g/mol. The Morgan fingerprint density at radius 1 is 1.38 bits per heavy atom. The number of nitrogens with zero attached hydrogens (tertiary/aromatic N) is 3. The van der Waals surface area contributed by atoms with Gasteiger partial charge in [0.1, 0.15) is 0 Å². The van der Waals surface area contributed by atoms with Gasteiger partial charge in [-0.3, -0.25) is 0 Å². The average Bonchev–Trinajstić information content (AvgIpc) is 3.18. The molecule has 2 aromatic rings. The van der Waals surface area contributed by atoms with Crippen molar-refractivity contribution in [2.45, 2.75) is 57.9 Å². The molecule has 1 aliphatic rings. The molecule has 0 aromatic carbocycles. The van der Waals surface area contributed by atoms with E-state index in [4.69, 9.17) is 4.52 Å². The molecule has 0 amide bonds. The maximum absolute atomic E-state index is 5.51. The molecule has 2 heterocycles. The van der Waals surface area contributed by atoms with Gasteiger partial charge in [0.05, 0.1) is 23.0 Å². The van der Waals surface area contributed by atoms with Crippen molar-refractivity contribution in [3.05, 3.63) is 27.8 Å². The lowest BCUT2D eigenvalue weighted by molar-refractivity contribution is 0.328. The highest BCUT2D eigenvalue weighted by atomic mass is 32.1. The van der Waals surface area contributed by atoms with E-state index in [1.807, 2.05) is 6.92 Å². The SMILES string of the molecule is CCCNC1CCCC1c1nc(Cc2csc(C)n2)no1. The van der Waals surface area contributed by atoms with Crippen molar-refractivity contribution in [1.82, 2.24) is 20.4 Å². The molecule has 0 spiro atoms. The quantitative estimate of drug-likeness (QED) is 0.888. The van der Waals surface area contributed by atoms with Gasteiger partial charge in [-0.15, -0.1) is 11.3 Å². The molecule has 0 radical (unpaired) electrons. The van der Waals surface area contributed by atoms with Gasteiger partial charge < -0.3 is 9.84 Å². The molecule has 0 aliphatic heterocycles. The zero-order valence-corrected chi connectivity index (χ0v) is 13.4. The van der Waals surface area contributed by atoms with Gasteiger partial charge in [-0.25, -0.2) is 4.98 Å². The molecule has 2 unspecified atom stereocenters. The number of hydrogen-bond acceptors (Lipinski definition) is 6. The topological polar surface area (TPSA) is 63.8 Å². The van der Waals surface area contributed by atoms with Crippen LogP contribution in [-0.4, -0.2) is 27.7 Å². The Balaban J connectivity index is 1.66. The molecule has 114 valence electrons. The van der Waals surface area contributed by atoms with E-state index in [-0.39, 0.29) is 0 Å². The minimum atomic E-state index is 0.370. The third kappa shape index (κ3) is 3.49. The Bertz CT molecular complexity index is 580. The van der Waals surface area contributed by atoms with Crippen molar-refractivity contribution in [3.63, 3.8) is 0 Å². The summed E-state index contributed by atoms with van der Waals surface area (Å²) >= 11 is 1.66. The average molecular weight is 306 g/mol. The summed E-state index contributed by atoms with van der Waals surface area (Å²) in [7, 11) is 0. The molecule has 1 fully saturated rings. The van der Waals surface area contributed by atoms with Gasteiger partial charge in [0.25, 0.3) is 0 Å². The lowest BCUT2D eigenvalue weighted by Gasteiger charge is -2.17. The van der Waals surface area contributed by atoms with Crippen molar-refractivity contribution in [1.29, 1.82) is 0 Å². The third-order valence-electron chi connectivity index (χ3n) is 3.98. The lowest BCUT2D eigenvalue weighted by atomic mass is 10.0. The van der Waals surface area contributed by atoms with E-state index in [1.54, 1.807) is 11.3 Å². The molecule has 0 saturated heterocycles. The maximum Gasteiger partial charge on any atom is 0.231 e. The maximum atomic E-state index is 5.51. The minimum absolute atomic E-state index is 0.370. The number of nitrogens with one attached hydrogen (secondary N) is 1. The molecule has 1 N–H and O–H groups in total. The molecular weight excluding hydrogens is 284 g/mol. The van der Waals surface area contributed by atoms with Gasteiger partial charge in [-0.1, -0.05) is 18.5 Å². The van der Waals surface area contributed by atoms with Crippen LogP contribution >= 0.6 is 11.3 Å². The van der Waals surface area contributed by atoms with E-state index in [0.29, 0.717) is 18.4 Å². The van der Waals surface area contributed by atoms with Gasteiger partial charge >= 0.3 is 0 Å². The van der Waals surface area contributed by atoms with Crippen LogP contribution in [0, 0.1) is 6.92 Å². The van der Waals surface area contributed by atoms with E-state index < -0.39 is 0 Å². The largest absolute Gasteiger partial charge is 0.339 e. The van der Waals surface area contributed by atoms with Crippen LogP contribution in [0.3, 0.4) is 0 Å². The van der Waals surface area contributed by atoms with Gasteiger partial charge in [-0.05, 0) is 32.7 Å². The fourth-order valence-electron chi connectivity index (χ4n) is 2.97. The first-order chi connectivity index (χ1) is 10.3. The van der Waals surface area contributed by atoms with Crippen molar-refractivity contribution < 1.29 is 4.52 Å². The molecule has 2 aromatic heterocycles. The highest BCUT2D eigenvalue weighted by Crippen LogP contribution is 2.33. The summed E-state index contributed by atoms with van der Waals surface area (Å²) in [4.78, 5) is 9.05. The summed E-state index contributed by atoms with van der Waals surface area (Å²) in [5.74, 6) is 1.91. The summed E-state index contributed by atoms with van der Waals surface area (Å²) in [6.45, 7) is 5.26. The molecule has 0 bridgehead atoms. The summed E-state index contributed by atoms with van der Waals surface area (Å²) in [5, 5.41) is 10.9. The number of rotatable bonds is 6. The molecule has 3 rings (SSSR count). The van der Waals surface area contributed by atoms with Crippen LogP contribution in [0.1, 0.15) is 60.9 Å². The van der Waals surface area contributed by atoms with Crippen molar-refractivity contribution >= 4 is 11.3 Å². The molecule has 5 nitrogen and oxygen atoms in total. The number of aryl methyl sites for hydroxylation is 1. The van der Waals surface area contributed by atoms with Crippen molar-refractivity contribution in [2.75, 3.05) is 6.54 Å². The molecule has 1 saturated carbocycles. The zero-order chi connectivity index (χ0) is 14.7. The van der Waals surface area contributed by atoms with Crippen LogP contribution in [0.2, 0.25) is 0 Å². The molecule has 21 heavy (non-hydrogen) atoms. The van der Waals surface area contributed by atoms with Gasteiger partial charge in [-0.2, -0.15) is 4.98 Å². The fourth-order valence-corrected chi connectivity index (χ4v) is 3.58. The summed E-state index contributed by atoms with van der Waals surface area (Å²) < 4.78 is 5.51. The molecule has 2 atom stereocenters. The highest BCUT2D eigenvalue weighted by molar-refractivity contribution is 7.09. The van der Waals surface area contributed by atoms with E-state index in [9.17, 15) is 0 Å². The lowest BCUT2D eigenvalue weighted by Crippen LogP contribution is -2.31. The van der Waals surface area contributed by atoms with E-state index in [1.165, 1.54) is 12.8 Å². The normalized spacial score (nSPS) is 22.0.